The minimum absolute atomic E-state index is 0.108. The molecule has 0 saturated carbocycles. The zero-order valence-electron chi connectivity index (χ0n) is 12.1. The largest absolute Gasteiger partial charge is 0.368 e. The van der Waals surface area contributed by atoms with E-state index in [0.717, 1.165) is 26.5 Å². The lowest BCUT2D eigenvalue weighted by Crippen LogP contribution is -2.40. The van der Waals surface area contributed by atoms with Crippen molar-refractivity contribution in [3.05, 3.63) is 61.9 Å². The number of carbonyl (C=O) groups excluding carboxylic acids is 1. The number of amides is 1. The highest BCUT2D eigenvalue weighted by molar-refractivity contribution is 7.17. The van der Waals surface area contributed by atoms with Crippen LogP contribution in [0.1, 0.15) is 5.56 Å². The predicted octanol–water partition coefficient (Wildman–Crippen LogP) is 1.15. The average Bonchev–Trinajstić information content (AvgIpc) is 2.97. The van der Waals surface area contributed by atoms with E-state index >= 15 is 0 Å². The standard InChI is InChI=1S/C15H12FN3O3S/c1-8-2-3-9(6-10(8)16)19-14(21)13-11(4-5-23-13)18(15(19)22)7-12(17)20/h2-6H,7H2,1H3,(H2,17,20). The Kier molecular flexibility index (Phi) is 3.61. The lowest BCUT2D eigenvalue weighted by Gasteiger charge is -2.11. The first kappa shape index (κ1) is 15.2. The maximum atomic E-state index is 13.8. The van der Waals surface area contributed by atoms with E-state index in [1.54, 1.807) is 18.4 Å². The van der Waals surface area contributed by atoms with Crippen molar-refractivity contribution in [2.24, 2.45) is 5.73 Å². The lowest BCUT2D eigenvalue weighted by atomic mass is 10.2. The first-order valence-corrected chi connectivity index (χ1v) is 7.56. The molecule has 6 nitrogen and oxygen atoms in total. The summed E-state index contributed by atoms with van der Waals surface area (Å²) in [7, 11) is 0. The third-order valence-electron chi connectivity index (χ3n) is 3.48. The second-order valence-corrected chi connectivity index (χ2v) is 5.96. The summed E-state index contributed by atoms with van der Waals surface area (Å²) in [4.78, 5) is 36.4. The lowest BCUT2D eigenvalue weighted by molar-refractivity contribution is -0.118. The van der Waals surface area contributed by atoms with E-state index in [0.29, 0.717) is 15.8 Å². The minimum Gasteiger partial charge on any atom is -0.368 e. The number of hydrogen-bond acceptors (Lipinski definition) is 4. The van der Waals surface area contributed by atoms with Crippen molar-refractivity contribution >= 4 is 27.5 Å². The molecule has 0 radical (unpaired) electrons. The van der Waals surface area contributed by atoms with Crippen molar-refractivity contribution in [3.63, 3.8) is 0 Å². The van der Waals surface area contributed by atoms with Gasteiger partial charge >= 0.3 is 5.69 Å². The molecule has 3 aromatic rings. The smallest absolute Gasteiger partial charge is 0.336 e. The Bertz CT molecular complexity index is 1050. The molecule has 0 spiro atoms. The Labute approximate surface area is 133 Å². The number of halogens is 1. The Morgan fingerprint density at radius 3 is 2.70 bits per heavy atom. The highest BCUT2D eigenvalue weighted by Gasteiger charge is 2.17. The normalized spacial score (nSPS) is 11.0. The van der Waals surface area contributed by atoms with E-state index in [4.69, 9.17) is 5.73 Å². The molecular formula is C15H12FN3O3S. The van der Waals surface area contributed by atoms with Crippen LogP contribution in [0.2, 0.25) is 0 Å². The number of hydrogen-bond donors (Lipinski definition) is 1. The summed E-state index contributed by atoms with van der Waals surface area (Å²) in [6.45, 7) is 1.22. The summed E-state index contributed by atoms with van der Waals surface area (Å²) in [6.07, 6.45) is 0. The molecule has 0 unspecified atom stereocenters. The molecule has 3 rings (SSSR count). The van der Waals surface area contributed by atoms with E-state index in [1.165, 1.54) is 12.1 Å². The molecule has 0 bridgehead atoms. The van der Waals surface area contributed by atoms with Crippen LogP contribution in [0.15, 0.2) is 39.2 Å². The second kappa shape index (κ2) is 5.47. The van der Waals surface area contributed by atoms with Gasteiger partial charge in [0.2, 0.25) is 5.91 Å². The van der Waals surface area contributed by atoms with Crippen molar-refractivity contribution in [2.45, 2.75) is 13.5 Å². The van der Waals surface area contributed by atoms with Gasteiger partial charge in [-0.05, 0) is 36.1 Å². The van der Waals surface area contributed by atoms with Crippen LogP contribution in [0, 0.1) is 12.7 Å². The molecule has 0 aliphatic rings. The molecule has 23 heavy (non-hydrogen) atoms. The number of benzene rings is 1. The van der Waals surface area contributed by atoms with Crippen molar-refractivity contribution in [2.75, 3.05) is 0 Å². The third-order valence-corrected chi connectivity index (χ3v) is 4.37. The van der Waals surface area contributed by atoms with E-state index in [2.05, 4.69) is 0 Å². The molecule has 2 heterocycles. The molecule has 0 aliphatic carbocycles. The van der Waals surface area contributed by atoms with Crippen molar-refractivity contribution in [3.8, 4) is 5.69 Å². The molecule has 0 atom stereocenters. The summed E-state index contributed by atoms with van der Waals surface area (Å²) in [5, 5.41) is 1.64. The first-order chi connectivity index (χ1) is 10.9. The number of aryl methyl sites for hydroxylation is 1. The fourth-order valence-corrected chi connectivity index (χ4v) is 3.17. The highest BCUT2D eigenvalue weighted by atomic mass is 32.1. The summed E-state index contributed by atoms with van der Waals surface area (Å²) in [5.74, 6) is -1.23. The fourth-order valence-electron chi connectivity index (χ4n) is 2.34. The summed E-state index contributed by atoms with van der Waals surface area (Å²) in [5.41, 5.74) is 4.74. The number of aromatic nitrogens is 2. The van der Waals surface area contributed by atoms with Gasteiger partial charge in [0.05, 0.1) is 11.2 Å². The Morgan fingerprint density at radius 2 is 2.04 bits per heavy atom. The molecule has 118 valence electrons. The number of rotatable bonds is 3. The summed E-state index contributed by atoms with van der Waals surface area (Å²) in [6, 6.07) is 5.65. The van der Waals surface area contributed by atoms with E-state index in [-0.39, 0.29) is 12.2 Å². The molecule has 0 saturated heterocycles. The topological polar surface area (TPSA) is 87.1 Å². The van der Waals surface area contributed by atoms with Gasteiger partial charge in [-0.15, -0.1) is 11.3 Å². The number of thiophene rings is 1. The molecule has 1 aromatic carbocycles. The van der Waals surface area contributed by atoms with Gasteiger partial charge in [0, 0.05) is 0 Å². The Balaban J connectivity index is 2.40. The van der Waals surface area contributed by atoms with Crippen LogP contribution in [-0.4, -0.2) is 15.0 Å². The third kappa shape index (κ3) is 2.46. The molecular weight excluding hydrogens is 321 g/mol. The zero-order valence-corrected chi connectivity index (χ0v) is 12.9. The maximum Gasteiger partial charge on any atom is 0.336 e. The number of nitrogens with two attached hydrogens (primary N) is 1. The molecule has 0 aliphatic heterocycles. The average molecular weight is 333 g/mol. The number of nitrogens with zero attached hydrogens (tertiary/aromatic N) is 2. The van der Waals surface area contributed by atoms with E-state index < -0.39 is 23.0 Å². The molecule has 1 amide bonds. The predicted molar refractivity (Wildman–Crippen MR) is 85.6 cm³/mol. The van der Waals surface area contributed by atoms with Gasteiger partial charge in [0.15, 0.2) is 0 Å². The van der Waals surface area contributed by atoms with E-state index in [1.807, 2.05) is 0 Å². The van der Waals surface area contributed by atoms with E-state index in [9.17, 15) is 18.8 Å². The zero-order chi connectivity index (χ0) is 16.7. The van der Waals surface area contributed by atoms with Crippen molar-refractivity contribution in [1.29, 1.82) is 0 Å². The van der Waals surface area contributed by atoms with Gasteiger partial charge in [-0.3, -0.25) is 14.2 Å². The van der Waals surface area contributed by atoms with Crippen LogP contribution < -0.4 is 17.0 Å². The van der Waals surface area contributed by atoms with Gasteiger partial charge < -0.3 is 5.73 Å². The quantitative estimate of drug-likeness (QED) is 0.780. The van der Waals surface area contributed by atoms with Gasteiger partial charge in [0.1, 0.15) is 17.1 Å². The van der Waals surface area contributed by atoms with Crippen LogP contribution in [0.25, 0.3) is 15.9 Å². The maximum absolute atomic E-state index is 13.8. The molecule has 2 aromatic heterocycles. The van der Waals surface area contributed by atoms with Crippen LogP contribution in [0.5, 0.6) is 0 Å². The minimum atomic E-state index is -0.733. The number of primary amides is 1. The van der Waals surface area contributed by atoms with Crippen LogP contribution in [0.4, 0.5) is 4.39 Å². The van der Waals surface area contributed by atoms with Gasteiger partial charge in [-0.2, -0.15) is 0 Å². The van der Waals surface area contributed by atoms with Crippen molar-refractivity contribution < 1.29 is 9.18 Å². The van der Waals surface area contributed by atoms with Crippen LogP contribution >= 0.6 is 11.3 Å². The number of carbonyl (C=O) groups is 1. The van der Waals surface area contributed by atoms with Crippen molar-refractivity contribution in [1.82, 2.24) is 9.13 Å². The summed E-state index contributed by atoms with van der Waals surface area (Å²) >= 11 is 1.14. The molecule has 8 heteroatoms. The monoisotopic (exact) mass is 333 g/mol. The SMILES string of the molecule is Cc1ccc(-n2c(=O)c3sccc3n(CC(N)=O)c2=O)cc1F. The van der Waals surface area contributed by atoms with Crippen LogP contribution in [-0.2, 0) is 11.3 Å². The second-order valence-electron chi connectivity index (χ2n) is 5.04. The summed E-state index contributed by atoms with van der Waals surface area (Å²) < 4.78 is 16.1. The first-order valence-electron chi connectivity index (χ1n) is 6.68. The number of fused-ring (bicyclic) bond motifs is 1. The fraction of sp³-hybridized carbons (Fsp3) is 0.133. The van der Waals surface area contributed by atoms with Crippen LogP contribution in [0.3, 0.4) is 0 Å². The highest BCUT2D eigenvalue weighted by Crippen LogP contribution is 2.17. The van der Waals surface area contributed by atoms with Gasteiger partial charge in [0.25, 0.3) is 5.56 Å². The Hall–Kier alpha value is -2.74. The van der Waals surface area contributed by atoms with Gasteiger partial charge in [-0.1, -0.05) is 6.07 Å². The Morgan fingerprint density at radius 1 is 1.30 bits per heavy atom. The molecule has 2 N–H and O–H groups in total. The van der Waals surface area contributed by atoms with Gasteiger partial charge in [-0.25, -0.2) is 13.8 Å². The molecule has 0 fully saturated rings.